The number of allylic oxidation sites excluding steroid dienone is 1. The number of likely N-dealkylation sites (tertiary alicyclic amines) is 1. The van der Waals surface area contributed by atoms with E-state index in [1.54, 1.807) is 39.8 Å². The van der Waals surface area contributed by atoms with E-state index in [0.717, 1.165) is 0 Å². The van der Waals surface area contributed by atoms with Gasteiger partial charge in [0.1, 0.15) is 29.5 Å². The first-order valence-corrected chi connectivity index (χ1v) is 19.9. The maximum Gasteiger partial charge on any atom is 0.410 e. The average molecular weight is 788 g/mol. The molecule has 6 rings (SSSR count). The predicted octanol–water partition coefficient (Wildman–Crippen LogP) is 5.34. The molecular weight excluding hydrogens is 740 g/mol. The summed E-state index contributed by atoms with van der Waals surface area (Å²) in [5.74, 6) is -6.37. The highest BCUT2D eigenvalue weighted by atomic mass is 32.2. The fourth-order valence-corrected chi connectivity index (χ4v) is 8.72. The second kappa shape index (κ2) is 14.2. The van der Waals surface area contributed by atoms with Crippen LogP contribution in [0.1, 0.15) is 83.4 Å². The van der Waals surface area contributed by atoms with Gasteiger partial charge in [-0.05, 0) is 67.4 Å². The molecule has 0 spiro atoms. The number of carbonyl (C=O) groups is 4. The molecule has 5 atom stereocenters. The van der Waals surface area contributed by atoms with E-state index in [2.05, 4.69) is 21.9 Å². The number of benzene rings is 2. The van der Waals surface area contributed by atoms with Crippen LogP contribution < -0.4 is 15.4 Å². The number of hydrogen-bond acceptors (Lipinski definition) is 8. The van der Waals surface area contributed by atoms with Gasteiger partial charge in [-0.25, -0.2) is 17.6 Å². The summed E-state index contributed by atoms with van der Waals surface area (Å²) < 4.78 is 76.5. The number of nitrogens with zero attached hydrogens (tertiary/aromatic N) is 2. The molecule has 0 bridgehead atoms. The zero-order valence-electron chi connectivity index (χ0n) is 31.6. The molecule has 2 aliphatic carbocycles. The Bertz CT molecular complexity index is 2020. The van der Waals surface area contributed by atoms with Crippen molar-refractivity contribution < 1.29 is 45.5 Å². The monoisotopic (exact) mass is 787 g/mol. The SMILES string of the molecule is C=CC(F)(F)c1cccc(N[C@H](C(=O)N2C[C@H](OC(=O)N3Cc4cccc(F)c4C3)C[C@H]2C(=O)N[C@]2(C(=O)NS(=O)(=O)C3(C)CC3)C[C@H]2CC)C(C)(C)C)c1. The molecule has 16 heteroatoms. The van der Waals surface area contributed by atoms with Crippen LogP contribution in [-0.2, 0) is 48.2 Å². The molecule has 2 heterocycles. The fourth-order valence-electron chi connectivity index (χ4n) is 7.41. The lowest BCUT2D eigenvalue weighted by molar-refractivity contribution is -0.141. The Morgan fingerprint density at radius 3 is 2.38 bits per heavy atom. The van der Waals surface area contributed by atoms with Crippen LogP contribution in [0.3, 0.4) is 0 Å². The Balaban J connectivity index is 1.26. The summed E-state index contributed by atoms with van der Waals surface area (Å²) in [5, 5.41) is 5.85. The number of rotatable bonds is 12. The first-order valence-electron chi connectivity index (χ1n) is 18.4. The standard InChI is InChI=1S/C39H48F3N5O7S/c1-7-24-19-38(24,34(50)45-55(52,53)37(6)15-16-37)44-32(48)30-18-27(54-35(51)46-20-23-11-9-14-29(40)28(23)22-46)21-47(30)33(49)31(36(3,4)5)43-26-13-10-12-25(17-26)39(41,42)8-2/h8-14,17,24,27,30-31,43H,2,7,15-16,18-22H2,1,3-6H3,(H,44,48)(H,45,50)/t24-,27-,30+,31-,38-/m1/s1. The minimum absolute atomic E-state index is 0.0297. The van der Waals surface area contributed by atoms with Gasteiger partial charge in [0, 0.05) is 29.8 Å². The van der Waals surface area contributed by atoms with Crippen molar-refractivity contribution in [2.75, 3.05) is 11.9 Å². The van der Waals surface area contributed by atoms with Crippen LogP contribution in [0.4, 0.5) is 23.7 Å². The first-order chi connectivity index (χ1) is 25.6. The van der Waals surface area contributed by atoms with Crippen molar-refractivity contribution >= 4 is 39.5 Å². The third-order valence-corrected chi connectivity index (χ3v) is 13.6. The van der Waals surface area contributed by atoms with Gasteiger partial charge in [0.2, 0.25) is 21.8 Å². The quantitative estimate of drug-likeness (QED) is 0.244. The van der Waals surface area contributed by atoms with E-state index in [9.17, 15) is 40.8 Å². The van der Waals surface area contributed by atoms with Gasteiger partial charge in [0.05, 0.1) is 17.8 Å². The molecular formula is C39H48F3N5O7S. The van der Waals surface area contributed by atoms with E-state index >= 15 is 0 Å². The van der Waals surface area contributed by atoms with Gasteiger partial charge in [0.15, 0.2) is 0 Å². The Hall–Kier alpha value is -4.60. The molecule has 298 valence electrons. The Kier molecular flexibility index (Phi) is 10.3. The molecule has 0 aromatic heterocycles. The van der Waals surface area contributed by atoms with Crippen LogP contribution in [0.5, 0.6) is 0 Å². The van der Waals surface area contributed by atoms with Gasteiger partial charge in [-0.3, -0.25) is 24.0 Å². The number of ether oxygens (including phenoxy) is 1. The van der Waals surface area contributed by atoms with Crippen molar-refractivity contribution in [3.8, 4) is 0 Å². The van der Waals surface area contributed by atoms with Gasteiger partial charge in [0.25, 0.3) is 11.8 Å². The summed E-state index contributed by atoms with van der Waals surface area (Å²) in [6, 6.07) is 7.57. The highest BCUT2D eigenvalue weighted by molar-refractivity contribution is 7.91. The van der Waals surface area contributed by atoms with Gasteiger partial charge >= 0.3 is 6.09 Å². The van der Waals surface area contributed by atoms with Gasteiger partial charge in [-0.15, -0.1) is 0 Å². The van der Waals surface area contributed by atoms with Crippen molar-refractivity contribution in [2.24, 2.45) is 11.3 Å². The predicted molar refractivity (Wildman–Crippen MR) is 197 cm³/mol. The van der Waals surface area contributed by atoms with Crippen LogP contribution in [0.15, 0.2) is 55.1 Å². The summed E-state index contributed by atoms with van der Waals surface area (Å²) >= 11 is 0. The molecule has 3 fully saturated rings. The summed E-state index contributed by atoms with van der Waals surface area (Å²) in [6.45, 7) is 11.7. The third-order valence-electron chi connectivity index (χ3n) is 11.4. The number of carbonyl (C=O) groups excluding carboxylic acids is 4. The smallest absolute Gasteiger partial charge is 0.410 e. The molecule has 2 aromatic rings. The lowest BCUT2D eigenvalue weighted by Crippen LogP contribution is -2.59. The molecule has 1 saturated heterocycles. The molecule has 0 unspecified atom stereocenters. The largest absolute Gasteiger partial charge is 0.444 e. The second-order valence-electron chi connectivity index (χ2n) is 16.5. The number of fused-ring (bicyclic) bond motifs is 1. The minimum atomic E-state index is -4.03. The summed E-state index contributed by atoms with van der Waals surface area (Å²) in [7, 11) is -4.03. The van der Waals surface area contributed by atoms with E-state index in [1.165, 1.54) is 40.1 Å². The normalized spacial score (nSPS) is 24.7. The van der Waals surface area contributed by atoms with Gasteiger partial charge < -0.3 is 20.3 Å². The van der Waals surface area contributed by atoms with E-state index < -0.39 is 79.5 Å². The molecule has 55 heavy (non-hydrogen) atoms. The van der Waals surface area contributed by atoms with E-state index in [4.69, 9.17) is 4.74 Å². The summed E-state index contributed by atoms with van der Waals surface area (Å²) in [5.41, 5.74) is -1.54. The number of amides is 4. The highest BCUT2D eigenvalue weighted by Crippen LogP contribution is 2.48. The van der Waals surface area contributed by atoms with Crippen molar-refractivity contribution in [3.63, 3.8) is 0 Å². The molecule has 3 N–H and O–H groups in total. The van der Waals surface area contributed by atoms with Crippen LogP contribution in [0, 0.1) is 17.2 Å². The topological polar surface area (TPSA) is 154 Å². The molecule has 4 aliphatic rings. The number of anilines is 1. The summed E-state index contributed by atoms with van der Waals surface area (Å²) in [6.07, 6.45) is -0.00147. The Morgan fingerprint density at radius 2 is 1.78 bits per heavy atom. The number of nitrogens with one attached hydrogen (secondary N) is 3. The fraction of sp³-hybridized carbons (Fsp3) is 0.538. The van der Waals surface area contributed by atoms with Crippen LogP contribution in [0.25, 0.3) is 0 Å². The van der Waals surface area contributed by atoms with Crippen molar-refractivity contribution in [2.45, 2.75) is 114 Å². The lowest BCUT2D eigenvalue weighted by Gasteiger charge is -2.36. The molecule has 2 aromatic carbocycles. The van der Waals surface area contributed by atoms with E-state index in [0.29, 0.717) is 36.5 Å². The molecule has 4 amide bonds. The molecule has 12 nitrogen and oxygen atoms in total. The third kappa shape index (κ3) is 7.79. The van der Waals surface area contributed by atoms with Crippen molar-refractivity contribution in [1.82, 2.24) is 19.8 Å². The maximum absolute atomic E-state index is 14.6. The Labute approximate surface area is 319 Å². The molecule has 2 saturated carbocycles. The number of sulfonamides is 1. The average Bonchev–Trinajstić information content (AvgIpc) is 3.93. The number of hydrogen-bond donors (Lipinski definition) is 3. The van der Waals surface area contributed by atoms with Crippen LogP contribution in [0.2, 0.25) is 0 Å². The first kappa shape index (κ1) is 40.1. The lowest BCUT2D eigenvalue weighted by atomic mass is 9.85. The van der Waals surface area contributed by atoms with Crippen molar-refractivity contribution in [3.05, 3.63) is 77.6 Å². The number of halogens is 3. The van der Waals surface area contributed by atoms with Crippen molar-refractivity contribution in [1.29, 1.82) is 0 Å². The zero-order chi connectivity index (χ0) is 40.3. The van der Waals surface area contributed by atoms with Gasteiger partial charge in [-0.1, -0.05) is 65.0 Å². The summed E-state index contributed by atoms with van der Waals surface area (Å²) in [4.78, 5) is 58.6. The molecule has 2 aliphatic heterocycles. The Morgan fingerprint density at radius 1 is 1.09 bits per heavy atom. The minimum Gasteiger partial charge on any atom is -0.444 e. The number of alkyl halides is 2. The molecule has 0 radical (unpaired) electrons. The van der Waals surface area contributed by atoms with Crippen LogP contribution in [-0.4, -0.2) is 77.1 Å². The second-order valence-corrected chi connectivity index (χ2v) is 18.7. The highest BCUT2D eigenvalue weighted by Gasteiger charge is 2.63. The van der Waals surface area contributed by atoms with E-state index in [1.807, 2.05) is 6.92 Å². The van der Waals surface area contributed by atoms with Gasteiger partial charge in [-0.2, -0.15) is 8.78 Å². The zero-order valence-corrected chi connectivity index (χ0v) is 32.4. The maximum atomic E-state index is 14.6. The van der Waals surface area contributed by atoms with Crippen LogP contribution >= 0.6 is 0 Å². The van der Waals surface area contributed by atoms with E-state index in [-0.39, 0.29) is 49.6 Å².